The van der Waals surface area contributed by atoms with E-state index in [2.05, 4.69) is 18.7 Å². The first-order valence-electron chi connectivity index (χ1n) is 11.6. The summed E-state index contributed by atoms with van der Waals surface area (Å²) < 4.78 is 5.53. The van der Waals surface area contributed by atoms with Crippen LogP contribution >= 0.6 is 0 Å². The molecule has 1 aromatic carbocycles. The molecular weight excluding hydrogens is 376 g/mol. The first-order chi connectivity index (χ1) is 14.6. The average Bonchev–Trinajstić information content (AvgIpc) is 3.00. The number of piperidine rings is 1. The SMILES string of the molecule is CCCCCCCCN1C(=O)C(c2ccccc2OC)=C(N2CCCC(C)C2)C1=O. The second kappa shape index (κ2) is 10.6. The molecule has 1 fully saturated rings. The monoisotopic (exact) mass is 412 g/mol. The summed E-state index contributed by atoms with van der Waals surface area (Å²) in [5.74, 6) is 0.841. The van der Waals surface area contributed by atoms with E-state index < -0.39 is 0 Å². The van der Waals surface area contributed by atoms with Crippen LogP contribution in [0.2, 0.25) is 0 Å². The molecule has 2 heterocycles. The molecule has 1 atom stereocenters. The van der Waals surface area contributed by atoms with E-state index in [1.807, 2.05) is 24.3 Å². The Morgan fingerprint density at radius 1 is 1.03 bits per heavy atom. The number of carbonyl (C=O) groups excluding carboxylic acids is 2. The molecule has 1 unspecified atom stereocenters. The van der Waals surface area contributed by atoms with Gasteiger partial charge in [0.1, 0.15) is 11.4 Å². The number of unbranched alkanes of at least 4 members (excludes halogenated alkanes) is 5. The van der Waals surface area contributed by atoms with Gasteiger partial charge in [-0.15, -0.1) is 0 Å². The molecular formula is C25H36N2O3. The van der Waals surface area contributed by atoms with E-state index in [1.54, 1.807) is 7.11 Å². The number of hydrogen-bond donors (Lipinski definition) is 0. The van der Waals surface area contributed by atoms with Crippen molar-refractivity contribution in [1.29, 1.82) is 0 Å². The van der Waals surface area contributed by atoms with Gasteiger partial charge in [0.15, 0.2) is 0 Å². The van der Waals surface area contributed by atoms with Gasteiger partial charge in [-0.05, 0) is 31.2 Å². The minimum atomic E-state index is -0.175. The Balaban J connectivity index is 1.85. The first kappa shape index (κ1) is 22.4. The molecule has 30 heavy (non-hydrogen) atoms. The highest BCUT2D eigenvalue weighted by Gasteiger charge is 2.42. The van der Waals surface area contributed by atoms with Crippen molar-refractivity contribution < 1.29 is 14.3 Å². The van der Waals surface area contributed by atoms with Crippen molar-refractivity contribution in [2.75, 3.05) is 26.7 Å². The number of para-hydroxylation sites is 1. The normalized spacial score (nSPS) is 19.8. The number of amides is 2. The summed E-state index contributed by atoms with van der Waals surface area (Å²) in [5.41, 5.74) is 1.80. The first-order valence-corrected chi connectivity index (χ1v) is 11.6. The summed E-state index contributed by atoms with van der Waals surface area (Å²) in [5, 5.41) is 0. The van der Waals surface area contributed by atoms with Gasteiger partial charge in [0.05, 0.1) is 12.7 Å². The quantitative estimate of drug-likeness (QED) is 0.406. The van der Waals surface area contributed by atoms with Crippen LogP contribution < -0.4 is 4.74 Å². The zero-order valence-electron chi connectivity index (χ0n) is 18.8. The summed E-state index contributed by atoms with van der Waals surface area (Å²) in [7, 11) is 1.61. The topological polar surface area (TPSA) is 49.9 Å². The van der Waals surface area contributed by atoms with Crippen molar-refractivity contribution in [1.82, 2.24) is 9.80 Å². The third-order valence-electron chi connectivity index (χ3n) is 6.23. The molecule has 1 aromatic rings. The van der Waals surface area contributed by atoms with Crippen molar-refractivity contribution in [2.24, 2.45) is 5.92 Å². The summed E-state index contributed by atoms with van der Waals surface area (Å²) >= 11 is 0. The van der Waals surface area contributed by atoms with Gasteiger partial charge < -0.3 is 9.64 Å². The molecule has 5 nitrogen and oxygen atoms in total. The van der Waals surface area contributed by atoms with Gasteiger partial charge in [0, 0.05) is 25.2 Å². The van der Waals surface area contributed by atoms with Crippen LogP contribution in [0.15, 0.2) is 30.0 Å². The number of carbonyl (C=O) groups is 2. The van der Waals surface area contributed by atoms with Crippen LogP contribution in [-0.2, 0) is 9.59 Å². The van der Waals surface area contributed by atoms with Crippen molar-refractivity contribution in [3.8, 4) is 5.75 Å². The number of nitrogens with zero attached hydrogens (tertiary/aromatic N) is 2. The molecule has 2 aliphatic heterocycles. The molecule has 1 saturated heterocycles. The number of imide groups is 1. The fourth-order valence-electron chi connectivity index (χ4n) is 4.60. The summed E-state index contributed by atoms with van der Waals surface area (Å²) in [6.45, 7) is 6.55. The Labute approximate surface area is 181 Å². The zero-order chi connectivity index (χ0) is 21.5. The fourth-order valence-corrected chi connectivity index (χ4v) is 4.60. The molecule has 0 aromatic heterocycles. The number of hydrogen-bond acceptors (Lipinski definition) is 4. The fraction of sp³-hybridized carbons (Fsp3) is 0.600. The molecule has 164 valence electrons. The van der Waals surface area contributed by atoms with Gasteiger partial charge in [-0.3, -0.25) is 14.5 Å². The predicted octanol–water partition coefficient (Wildman–Crippen LogP) is 4.87. The number of benzene rings is 1. The third-order valence-corrected chi connectivity index (χ3v) is 6.23. The number of ether oxygens (including phenoxy) is 1. The van der Waals surface area contributed by atoms with Crippen molar-refractivity contribution >= 4 is 17.4 Å². The van der Waals surface area contributed by atoms with Crippen LogP contribution in [0.3, 0.4) is 0 Å². The highest BCUT2D eigenvalue weighted by molar-refractivity contribution is 6.36. The maximum Gasteiger partial charge on any atom is 0.277 e. The van der Waals surface area contributed by atoms with Crippen LogP contribution in [-0.4, -0.2) is 48.4 Å². The lowest BCUT2D eigenvalue weighted by molar-refractivity contribution is -0.137. The van der Waals surface area contributed by atoms with E-state index in [9.17, 15) is 9.59 Å². The van der Waals surface area contributed by atoms with Crippen LogP contribution in [0, 0.1) is 5.92 Å². The van der Waals surface area contributed by atoms with Crippen molar-refractivity contribution in [2.45, 2.75) is 65.2 Å². The van der Waals surface area contributed by atoms with Crippen molar-refractivity contribution in [3.63, 3.8) is 0 Å². The Hall–Kier alpha value is -2.30. The minimum Gasteiger partial charge on any atom is -0.496 e. The van der Waals surface area contributed by atoms with Crippen LogP contribution in [0.5, 0.6) is 5.75 Å². The van der Waals surface area contributed by atoms with Crippen LogP contribution in [0.4, 0.5) is 0 Å². The molecule has 3 rings (SSSR count). The zero-order valence-corrected chi connectivity index (χ0v) is 18.8. The van der Waals surface area contributed by atoms with Crippen LogP contribution in [0.1, 0.15) is 70.8 Å². The van der Waals surface area contributed by atoms with E-state index in [0.717, 1.165) is 50.8 Å². The van der Waals surface area contributed by atoms with Gasteiger partial charge >= 0.3 is 0 Å². The van der Waals surface area contributed by atoms with E-state index in [4.69, 9.17) is 4.74 Å². The second-order valence-electron chi connectivity index (χ2n) is 8.65. The smallest absolute Gasteiger partial charge is 0.277 e. The molecule has 0 aliphatic carbocycles. The lowest BCUT2D eigenvalue weighted by Gasteiger charge is -2.33. The highest BCUT2D eigenvalue weighted by atomic mass is 16.5. The molecule has 2 amide bonds. The molecule has 0 N–H and O–H groups in total. The summed E-state index contributed by atoms with van der Waals surface area (Å²) in [4.78, 5) is 30.5. The Morgan fingerprint density at radius 2 is 1.77 bits per heavy atom. The lowest BCUT2D eigenvalue weighted by atomic mass is 9.97. The summed E-state index contributed by atoms with van der Waals surface area (Å²) in [6.07, 6.45) is 8.97. The Morgan fingerprint density at radius 3 is 2.50 bits per heavy atom. The van der Waals surface area contributed by atoms with Gasteiger partial charge in [-0.2, -0.15) is 0 Å². The van der Waals surface area contributed by atoms with E-state index in [-0.39, 0.29) is 11.8 Å². The van der Waals surface area contributed by atoms with E-state index in [1.165, 1.54) is 24.2 Å². The van der Waals surface area contributed by atoms with Crippen LogP contribution in [0.25, 0.3) is 5.57 Å². The maximum absolute atomic E-state index is 13.5. The minimum absolute atomic E-state index is 0.136. The van der Waals surface area contributed by atoms with Gasteiger partial charge in [0.25, 0.3) is 11.8 Å². The molecule has 2 aliphatic rings. The maximum atomic E-state index is 13.5. The molecule has 5 heteroatoms. The second-order valence-corrected chi connectivity index (χ2v) is 8.65. The average molecular weight is 413 g/mol. The van der Waals surface area contributed by atoms with E-state index in [0.29, 0.717) is 29.5 Å². The largest absolute Gasteiger partial charge is 0.496 e. The summed E-state index contributed by atoms with van der Waals surface area (Å²) in [6, 6.07) is 7.53. The number of rotatable bonds is 10. The number of methoxy groups -OCH3 is 1. The molecule has 0 radical (unpaired) electrons. The van der Waals surface area contributed by atoms with Gasteiger partial charge in [-0.25, -0.2) is 0 Å². The highest BCUT2D eigenvalue weighted by Crippen LogP contribution is 2.37. The molecule has 0 spiro atoms. The third kappa shape index (κ3) is 4.88. The number of likely N-dealkylation sites (tertiary alicyclic amines) is 1. The Kier molecular flexibility index (Phi) is 7.94. The van der Waals surface area contributed by atoms with E-state index >= 15 is 0 Å². The molecule has 0 bridgehead atoms. The van der Waals surface area contributed by atoms with Gasteiger partial charge in [0.2, 0.25) is 0 Å². The predicted molar refractivity (Wildman–Crippen MR) is 120 cm³/mol. The van der Waals surface area contributed by atoms with Crippen molar-refractivity contribution in [3.05, 3.63) is 35.5 Å². The molecule has 0 saturated carbocycles. The lowest BCUT2D eigenvalue weighted by Crippen LogP contribution is -2.39. The van der Waals surface area contributed by atoms with Gasteiger partial charge in [-0.1, -0.05) is 64.2 Å². The standard InChI is InChI=1S/C25H36N2O3/c1-4-5-6-7-8-11-17-27-24(28)22(20-14-9-10-15-21(20)30-3)23(25(27)29)26-16-12-13-19(2)18-26/h9-10,14-15,19H,4-8,11-13,16-18H2,1-3H3. The Bertz CT molecular complexity index is 786.